The van der Waals surface area contributed by atoms with Gasteiger partial charge in [0.05, 0.1) is 58.3 Å². The second kappa shape index (κ2) is 30.1. The summed E-state index contributed by atoms with van der Waals surface area (Å²) in [7, 11) is 5.25. The summed E-state index contributed by atoms with van der Waals surface area (Å²) in [6, 6.07) is 2.37. The summed E-state index contributed by atoms with van der Waals surface area (Å²) in [5.41, 5.74) is 0.570. The number of carbonyl (C=O) groups is 3. The normalized spacial score (nSPS) is 17.6. The molecule has 0 aliphatic carbocycles. The lowest BCUT2D eigenvalue weighted by atomic mass is 10.0. The second-order valence-electron chi connectivity index (χ2n) is 14.8. The van der Waals surface area contributed by atoms with Crippen molar-refractivity contribution < 1.29 is 38.1 Å². The van der Waals surface area contributed by atoms with E-state index in [2.05, 4.69) is 36.9 Å². The number of nitrogens with one attached hydrogen (secondary N) is 6. The lowest BCUT2D eigenvalue weighted by Crippen LogP contribution is -2.36. The second-order valence-corrected chi connectivity index (χ2v) is 18.7. The van der Waals surface area contributed by atoms with Gasteiger partial charge in [0.15, 0.2) is 0 Å². The zero-order chi connectivity index (χ0) is 41.0. The molecule has 0 bridgehead atoms. The summed E-state index contributed by atoms with van der Waals surface area (Å²) in [5, 5.41) is 19.4. The number of rotatable bonds is 34. The lowest BCUT2D eigenvalue weighted by molar-refractivity contribution is -0.120. The van der Waals surface area contributed by atoms with Crippen molar-refractivity contribution in [2.45, 2.75) is 88.7 Å². The fourth-order valence-corrected chi connectivity index (χ4v) is 9.41. The summed E-state index contributed by atoms with van der Waals surface area (Å²) < 4.78 is 27.9. The molecule has 326 valence electrons. The van der Waals surface area contributed by atoms with Crippen molar-refractivity contribution in [3.05, 3.63) is 23.4 Å². The monoisotopic (exact) mass is 859 g/mol. The van der Waals surface area contributed by atoms with Gasteiger partial charge in [-0.2, -0.15) is 11.8 Å². The number of thioether (sulfide) groups is 1. The molecule has 2 saturated heterocycles. The molecule has 15 nitrogen and oxygen atoms in total. The number of unbranched alkanes of at least 4 members (excludes halogenated alkanes) is 2. The van der Waals surface area contributed by atoms with Crippen molar-refractivity contribution >= 4 is 57.1 Å². The standard InChI is InChI=1S/C39H69N7O8S3/c1-39(2,3)54-37(48)31-27-30(28-44-36(31)40-4)10-11-34(47)43-16-26-57-56-25-15-42-13-8-17-50-19-21-52-23-24-53-22-20-51-18-14-41-12-7-5-6-9-33-35-32(29-55-33)45-38(49)46-35/h27-28,32-33,35,41-42H,5-26,29H2,1-4H3,(H,40,44)(H,43,47)(H2,45,46,49)/t32-,33?,35-/m0/s1. The van der Waals surface area contributed by atoms with E-state index in [0.29, 0.717) is 101 Å². The van der Waals surface area contributed by atoms with E-state index in [1.54, 1.807) is 40.9 Å². The highest BCUT2D eigenvalue weighted by Crippen LogP contribution is 2.33. The number of aryl methyl sites for hydroxylation is 1. The third-order valence-corrected chi connectivity index (χ3v) is 12.8. The number of esters is 1. The Balaban J connectivity index is 0.970. The van der Waals surface area contributed by atoms with Crippen LogP contribution in [0, 0.1) is 0 Å². The minimum Gasteiger partial charge on any atom is -0.456 e. The summed E-state index contributed by atoms with van der Waals surface area (Å²) in [6.45, 7) is 14.5. The van der Waals surface area contributed by atoms with Crippen LogP contribution in [0.25, 0.3) is 0 Å². The van der Waals surface area contributed by atoms with Crippen LogP contribution in [0.3, 0.4) is 0 Å². The SMILES string of the molecule is CNc1ncc(CCC(=O)NCCSSCCNCCCOCCOCCOCCOCCNCCCCCC2SC[C@@H]3NC(=O)N[C@H]23)cc1C(=O)OC(C)(C)C. The van der Waals surface area contributed by atoms with Gasteiger partial charge in [0.2, 0.25) is 5.91 Å². The van der Waals surface area contributed by atoms with Crippen LogP contribution in [-0.4, -0.2) is 156 Å². The largest absolute Gasteiger partial charge is 0.456 e. The number of fused-ring (bicyclic) bond motifs is 1. The molecular weight excluding hydrogens is 791 g/mol. The molecule has 0 aromatic carbocycles. The number of amides is 3. The summed E-state index contributed by atoms with van der Waals surface area (Å²) in [6.07, 6.45) is 8.18. The molecule has 3 rings (SSSR count). The van der Waals surface area contributed by atoms with Crippen LogP contribution in [-0.2, 0) is 34.9 Å². The number of ether oxygens (including phenoxy) is 5. The van der Waals surface area contributed by atoms with Gasteiger partial charge in [0.25, 0.3) is 0 Å². The van der Waals surface area contributed by atoms with Crippen molar-refractivity contribution in [1.82, 2.24) is 31.6 Å². The van der Waals surface area contributed by atoms with Crippen LogP contribution in [0.5, 0.6) is 0 Å². The van der Waals surface area contributed by atoms with Gasteiger partial charge >= 0.3 is 12.0 Å². The molecule has 0 radical (unpaired) electrons. The molecule has 6 N–H and O–H groups in total. The van der Waals surface area contributed by atoms with Crippen LogP contribution in [0.2, 0.25) is 0 Å². The third-order valence-electron chi connectivity index (χ3n) is 8.86. The van der Waals surface area contributed by atoms with Gasteiger partial charge in [-0.25, -0.2) is 14.6 Å². The maximum Gasteiger partial charge on any atom is 0.342 e. The summed E-state index contributed by atoms with van der Waals surface area (Å²) in [4.78, 5) is 40.7. The molecular formula is C39H69N7O8S3. The van der Waals surface area contributed by atoms with Crippen molar-refractivity contribution in [1.29, 1.82) is 0 Å². The number of aromatic nitrogens is 1. The highest BCUT2D eigenvalue weighted by atomic mass is 33.1. The molecule has 1 aromatic heterocycles. The van der Waals surface area contributed by atoms with Crippen molar-refractivity contribution in [2.75, 3.05) is 115 Å². The molecule has 18 heteroatoms. The molecule has 2 aliphatic heterocycles. The number of carbonyl (C=O) groups excluding carboxylic acids is 3. The molecule has 1 aromatic rings. The summed E-state index contributed by atoms with van der Waals surface area (Å²) >= 11 is 1.99. The molecule has 1 unspecified atom stereocenters. The van der Waals surface area contributed by atoms with E-state index in [9.17, 15) is 14.4 Å². The molecule has 3 amide bonds. The number of hydrogen-bond donors (Lipinski definition) is 6. The fraction of sp³-hybridized carbons (Fsp3) is 0.795. The van der Waals surface area contributed by atoms with Crippen LogP contribution in [0.4, 0.5) is 10.6 Å². The van der Waals surface area contributed by atoms with E-state index in [-0.39, 0.29) is 11.9 Å². The van der Waals surface area contributed by atoms with Crippen molar-refractivity contribution in [3.63, 3.8) is 0 Å². The molecule has 3 atom stereocenters. The summed E-state index contributed by atoms with van der Waals surface area (Å²) in [5.74, 6) is 2.84. The van der Waals surface area contributed by atoms with Crippen LogP contribution in [0.15, 0.2) is 12.3 Å². The quantitative estimate of drug-likeness (QED) is 0.0254. The maximum absolute atomic E-state index is 12.6. The topological polar surface area (TPSA) is 182 Å². The average molecular weight is 860 g/mol. The van der Waals surface area contributed by atoms with E-state index in [4.69, 9.17) is 23.7 Å². The van der Waals surface area contributed by atoms with E-state index in [1.807, 2.05) is 32.5 Å². The van der Waals surface area contributed by atoms with Gasteiger partial charge in [-0.15, -0.1) is 0 Å². The number of pyridine rings is 1. The zero-order valence-corrected chi connectivity index (χ0v) is 37.0. The first-order valence-corrected chi connectivity index (χ1v) is 24.0. The highest BCUT2D eigenvalue weighted by Gasteiger charge is 2.42. The van der Waals surface area contributed by atoms with Crippen LogP contribution in [0.1, 0.15) is 75.2 Å². The van der Waals surface area contributed by atoms with Gasteiger partial charge in [-0.3, -0.25) is 4.79 Å². The highest BCUT2D eigenvalue weighted by molar-refractivity contribution is 8.76. The Bertz CT molecular complexity index is 1280. The molecule has 57 heavy (non-hydrogen) atoms. The molecule has 2 aliphatic rings. The Morgan fingerprint density at radius 1 is 0.842 bits per heavy atom. The van der Waals surface area contributed by atoms with E-state index >= 15 is 0 Å². The first-order valence-electron chi connectivity index (χ1n) is 20.5. The zero-order valence-electron chi connectivity index (χ0n) is 34.6. The van der Waals surface area contributed by atoms with Gasteiger partial charge < -0.3 is 55.6 Å². The van der Waals surface area contributed by atoms with Gasteiger partial charge in [0, 0.05) is 68.4 Å². The van der Waals surface area contributed by atoms with Crippen LogP contribution >= 0.6 is 33.3 Å². The van der Waals surface area contributed by atoms with Crippen molar-refractivity contribution in [2.24, 2.45) is 0 Å². The Kier molecular flexibility index (Phi) is 26.0. The van der Waals surface area contributed by atoms with Crippen LogP contribution < -0.4 is 31.9 Å². The van der Waals surface area contributed by atoms with E-state index in [0.717, 1.165) is 61.8 Å². The first kappa shape index (κ1) is 49.3. The number of anilines is 1. The van der Waals surface area contributed by atoms with E-state index in [1.165, 1.54) is 19.3 Å². The Morgan fingerprint density at radius 3 is 2.23 bits per heavy atom. The predicted octanol–water partition coefficient (Wildman–Crippen LogP) is 3.87. The Morgan fingerprint density at radius 2 is 1.51 bits per heavy atom. The molecule has 2 fully saturated rings. The number of nitrogens with zero attached hydrogens (tertiary/aromatic N) is 1. The number of urea groups is 1. The lowest BCUT2D eigenvalue weighted by Gasteiger charge is -2.20. The third kappa shape index (κ3) is 22.8. The average Bonchev–Trinajstić information content (AvgIpc) is 3.74. The fourth-order valence-electron chi connectivity index (χ4n) is 6.01. The first-order chi connectivity index (χ1) is 27.7. The van der Waals surface area contributed by atoms with E-state index < -0.39 is 11.6 Å². The van der Waals surface area contributed by atoms with Gasteiger partial charge in [-0.05, 0) is 71.2 Å². The molecule has 3 heterocycles. The Hall–Kier alpha value is -2.03. The molecule has 0 saturated carbocycles. The van der Waals surface area contributed by atoms with Crippen molar-refractivity contribution in [3.8, 4) is 0 Å². The Labute approximate surface area is 352 Å². The minimum absolute atomic E-state index is 0.00593. The predicted molar refractivity (Wildman–Crippen MR) is 233 cm³/mol. The number of hydrogen-bond acceptors (Lipinski definition) is 15. The molecule has 0 spiro atoms. The smallest absolute Gasteiger partial charge is 0.342 e. The minimum atomic E-state index is -0.607. The van der Waals surface area contributed by atoms with Gasteiger partial charge in [0.1, 0.15) is 17.0 Å². The maximum atomic E-state index is 12.6. The van der Waals surface area contributed by atoms with Gasteiger partial charge in [-0.1, -0.05) is 34.4 Å².